The Balaban J connectivity index is 2.09. The van der Waals surface area contributed by atoms with Crippen molar-refractivity contribution in [3.8, 4) is 11.1 Å². The molecule has 166 valence electrons. The van der Waals surface area contributed by atoms with Gasteiger partial charge in [0.05, 0.1) is 18.9 Å². The number of hydrogen-bond donors (Lipinski definition) is 3. The van der Waals surface area contributed by atoms with Crippen LogP contribution in [0.1, 0.15) is 20.8 Å². The highest BCUT2D eigenvalue weighted by molar-refractivity contribution is 8.01. The monoisotopic (exact) mass is 489 g/mol. The third-order valence-corrected chi connectivity index (χ3v) is 8.90. The lowest BCUT2D eigenvalue weighted by molar-refractivity contribution is 0.1000. The van der Waals surface area contributed by atoms with Crippen LogP contribution in [0.3, 0.4) is 0 Å². The van der Waals surface area contributed by atoms with Crippen molar-refractivity contribution in [3.63, 3.8) is 0 Å². The zero-order valence-corrected chi connectivity index (χ0v) is 19.5. The topological polar surface area (TPSA) is 153 Å². The van der Waals surface area contributed by atoms with Crippen molar-refractivity contribution in [1.82, 2.24) is 0 Å². The number of primary amides is 1. The van der Waals surface area contributed by atoms with Gasteiger partial charge in [-0.25, -0.2) is 13.2 Å². The number of carboxylic acid groups (broad SMARTS) is 1. The van der Waals surface area contributed by atoms with Crippen LogP contribution in [0.15, 0.2) is 67.5 Å². The molecule has 0 fully saturated rings. The summed E-state index contributed by atoms with van der Waals surface area (Å²) in [6, 6.07) is 12.8. The smallest absolute Gasteiger partial charge is 0.433 e. The van der Waals surface area contributed by atoms with E-state index in [-0.39, 0.29) is 20.5 Å². The van der Waals surface area contributed by atoms with Crippen molar-refractivity contribution in [3.05, 3.63) is 64.5 Å². The molecule has 0 radical (unpaired) electrons. The highest BCUT2D eigenvalue weighted by atomic mass is 32.2. The minimum Gasteiger partial charge on any atom is -0.463 e. The Morgan fingerprint density at radius 3 is 2.41 bits per heavy atom. The minimum atomic E-state index is -3.93. The molecule has 0 unspecified atom stereocenters. The van der Waals surface area contributed by atoms with E-state index in [1.807, 2.05) is 6.92 Å². The molecule has 0 spiro atoms. The number of nitrogens with two attached hydrogens (primary N) is 2. The van der Waals surface area contributed by atoms with E-state index in [0.717, 1.165) is 22.5 Å². The summed E-state index contributed by atoms with van der Waals surface area (Å²) in [7, 11) is -3.93. The van der Waals surface area contributed by atoms with Gasteiger partial charge in [-0.1, -0.05) is 18.2 Å². The zero-order chi connectivity index (χ0) is 23.6. The molecule has 0 aliphatic carbocycles. The molecule has 0 saturated carbocycles. The summed E-state index contributed by atoms with van der Waals surface area (Å²) < 4.78 is 27.3. The van der Waals surface area contributed by atoms with Gasteiger partial charge in [0, 0.05) is 5.56 Å². The van der Waals surface area contributed by atoms with E-state index in [9.17, 15) is 18.0 Å². The maximum absolute atomic E-state index is 13.4. The fourth-order valence-electron chi connectivity index (χ4n) is 3.07. The van der Waals surface area contributed by atoms with E-state index < -0.39 is 21.8 Å². The molecule has 32 heavy (non-hydrogen) atoms. The molecule has 0 aliphatic rings. The minimum absolute atomic E-state index is 0.0338. The van der Waals surface area contributed by atoms with Gasteiger partial charge in [-0.3, -0.25) is 4.79 Å². The van der Waals surface area contributed by atoms with Crippen LogP contribution in [0.5, 0.6) is 0 Å². The molecule has 2 amide bonds. The second-order valence-electron chi connectivity index (χ2n) is 6.67. The number of hydrogen-bond acceptors (Lipinski definition) is 6. The standard InChI is InChI=1S/C21H19N3O5S3/c1-11-8-13(19(23)25)6-7-15(11)12-4-3-5-14(9-12)32(28,29)17-10-16(31-20(17)30-2)18(22)24-21(26)27/h3-10H,1-2H3,(H2,22,24)(H2,23,25)(H,26,27). The van der Waals surface area contributed by atoms with E-state index in [2.05, 4.69) is 4.99 Å². The summed E-state index contributed by atoms with van der Waals surface area (Å²) in [5.41, 5.74) is 13.6. The first-order valence-corrected chi connectivity index (χ1v) is 12.6. The second-order valence-corrected chi connectivity index (χ2v) is 10.7. The number of thioether (sulfide) groups is 1. The van der Waals surface area contributed by atoms with Gasteiger partial charge >= 0.3 is 6.09 Å². The number of amides is 2. The SMILES string of the molecule is CSc1sc(/C(N)=N\C(=O)O)cc1S(=O)(=O)c1cccc(-c2ccc(C(N)=O)cc2C)c1. The number of carbonyl (C=O) groups excluding carboxylic acids is 1. The number of aryl methyl sites for hydroxylation is 1. The third-order valence-electron chi connectivity index (χ3n) is 4.58. The number of carbonyl (C=O) groups is 2. The molecule has 1 aromatic heterocycles. The molecule has 5 N–H and O–H groups in total. The van der Waals surface area contributed by atoms with Crippen LogP contribution < -0.4 is 11.5 Å². The van der Waals surface area contributed by atoms with Crippen LogP contribution in [0.2, 0.25) is 0 Å². The van der Waals surface area contributed by atoms with Crippen molar-refractivity contribution in [2.45, 2.75) is 20.9 Å². The Morgan fingerprint density at radius 2 is 1.81 bits per heavy atom. The third kappa shape index (κ3) is 4.69. The summed E-state index contributed by atoms with van der Waals surface area (Å²) in [4.78, 5) is 25.8. The molecule has 3 aromatic rings. The predicted octanol–water partition coefficient (Wildman–Crippen LogP) is 3.76. The predicted molar refractivity (Wildman–Crippen MR) is 125 cm³/mol. The van der Waals surface area contributed by atoms with Gasteiger partial charge in [0.15, 0.2) is 0 Å². The highest BCUT2D eigenvalue weighted by Gasteiger charge is 2.25. The van der Waals surface area contributed by atoms with Gasteiger partial charge in [0.2, 0.25) is 15.7 Å². The van der Waals surface area contributed by atoms with Crippen molar-refractivity contribution < 1.29 is 23.1 Å². The van der Waals surface area contributed by atoms with Crippen molar-refractivity contribution in [1.29, 1.82) is 0 Å². The summed E-state index contributed by atoms with van der Waals surface area (Å²) in [5, 5.41) is 8.81. The van der Waals surface area contributed by atoms with Gasteiger partial charge in [0.25, 0.3) is 0 Å². The zero-order valence-electron chi connectivity index (χ0n) is 17.0. The van der Waals surface area contributed by atoms with Crippen LogP contribution >= 0.6 is 23.1 Å². The highest BCUT2D eigenvalue weighted by Crippen LogP contribution is 2.38. The van der Waals surface area contributed by atoms with Gasteiger partial charge in [-0.15, -0.1) is 23.1 Å². The van der Waals surface area contributed by atoms with Crippen molar-refractivity contribution in [2.24, 2.45) is 16.5 Å². The molecular weight excluding hydrogens is 470 g/mol. The van der Waals surface area contributed by atoms with Gasteiger partial charge < -0.3 is 16.6 Å². The molecular formula is C21H19N3O5S3. The maximum atomic E-state index is 13.4. The molecule has 1 heterocycles. The van der Waals surface area contributed by atoms with Crippen LogP contribution in [-0.2, 0) is 9.84 Å². The lowest BCUT2D eigenvalue weighted by atomic mass is 9.98. The molecule has 0 bridgehead atoms. The Bertz CT molecular complexity index is 1360. The summed E-state index contributed by atoms with van der Waals surface area (Å²) in [5.74, 6) is -0.808. The number of rotatable bonds is 6. The van der Waals surface area contributed by atoms with Gasteiger partial charge in [0.1, 0.15) is 5.84 Å². The van der Waals surface area contributed by atoms with Crippen LogP contribution in [0.4, 0.5) is 4.79 Å². The fraction of sp³-hybridized carbons (Fsp3) is 0.0952. The van der Waals surface area contributed by atoms with Gasteiger partial charge in [-0.05, 0) is 60.2 Å². The van der Waals surface area contributed by atoms with E-state index >= 15 is 0 Å². The average molecular weight is 490 g/mol. The molecule has 8 nitrogen and oxygen atoms in total. The van der Waals surface area contributed by atoms with E-state index in [1.165, 1.54) is 23.9 Å². The van der Waals surface area contributed by atoms with Crippen molar-refractivity contribution >= 4 is 50.8 Å². The second kappa shape index (κ2) is 9.15. The number of thiophene rings is 1. The summed E-state index contributed by atoms with van der Waals surface area (Å²) in [6.07, 6.45) is 0.260. The Labute approximate surface area is 192 Å². The number of amidine groups is 1. The number of benzene rings is 2. The Hall–Kier alpha value is -3.15. The van der Waals surface area contributed by atoms with Crippen LogP contribution in [0.25, 0.3) is 11.1 Å². The van der Waals surface area contributed by atoms with E-state index in [1.54, 1.807) is 42.7 Å². The summed E-state index contributed by atoms with van der Waals surface area (Å²) in [6.45, 7) is 1.81. The first-order chi connectivity index (χ1) is 15.0. The molecule has 2 aromatic carbocycles. The molecule has 0 aliphatic heterocycles. The Kier molecular flexibility index (Phi) is 6.72. The molecule has 0 saturated heterocycles. The van der Waals surface area contributed by atoms with Crippen LogP contribution in [-0.4, -0.2) is 37.6 Å². The lowest BCUT2D eigenvalue weighted by Gasteiger charge is -2.10. The fourth-order valence-corrected chi connectivity index (χ4v) is 7.01. The first kappa shape index (κ1) is 23.5. The molecule has 11 heteroatoms. The van der Waals surface area contributed by atoms with Gasteiger partial charge in [-0.2, -0.15) is 4.99 Å². The van der Waals surface area contributed by atoms with Crippen LogP contribution in [0, 0.1) is 6.92 Å². The number of aliphatic imine (C=N–C) groups is 1. The average Bonchev–Trinajstić information content (AvgIpc) is 3.19. The number of sulfone groups is 1. The lowest BCUT2D eigenvalue weighted by Crippen LogP contribution is -2.13. The normalized spacial score (nSPS) is 12.0. The van der Waals surface area contributed by atoms with E-state index in [0.29, 0.717) is 15.3 Å². The largest absolute Gasteiger partial charge is 0.463 e. The van der Waals surface area contributed by atoms with E-state index in [4.69, 9.17) is 16.6 Å². The number of nitrogens with zero attached hydrogens (tertiary/aromatic N) is 1. The quantitative estimate of drug-likeness (QED) is 0.271. The Morgan fingerprint density at radius 1 is 1.09 bits per heavy atom. The molecule has 0 atom stereocenters. The first-order valence-electron chi connectivity index (χ1n) is 9.06. The van der Waals surface area contributed by atoms with Crippen molar-refractivity contribution in [2.75, 3.05) is 6.26 Å². The summed E-state index contributed by atoms with van der Waals surface area (Å²) >= 11 is 2.28. The molecule has 3 rings (SSSR count). The maximum Gasteiger partial charge on any atom is 0.433 e.